The van der Waals surface area contributed by atoms with Crippen LogP contribution in [0, 0.1) is 5.82 Å². The predicted molar refractivity (Wildman–Crippen MR) is 138 cm³/mol. The first-order valence-electron chi connectivity index (χ1n) is 12.4. The number of benzene rings is 1. The van der Waals surface area contributed by atoms with Crippen LogP contribution in [0.1, 0.15) is 38.9 Å². The molecular weight excluding hydrogens is 574 g/mol. The lowest BCUT2D eigenvalue weighted by Gasteiger charge is -2.33. The van der Waals surface area contributed by atoms with Gasteiger partial charge in [0, 0.05) is 26.1 Å². The molecule has 1 aromatic rings. The minimum atomic E-state index is -3.97. The van der Waals surface area contributed by atoms with Crippen molar-refractivity contribution >= 4 is 31.3 Å². The van der Waals surface area contributed by atoms with E-state index in [1.165, 1.54) is 18.2 Å². The Morgan fingerprint density at radius 3 is 2.67 bits per heavy atom. The van der Waals surface area contributed by atoms with E-state index in [1.54, 1.807) is 37.1 Å². The zero-order chi connectivity index (χ0) is 29.2. The molecule has 1 aromatic carbocycles. The number of amides is 1. The zero-order valence-corrected chi connectivity index (χ0v) is 23.7. The maximum absolute atomic E-state index is 13.6. The number of phosphoric ester groups is 1. The third kappa shape index (κ3) is 7.29. The van der Waals surface area contributed by atoms with Gasteiger partial charge < -0.3 is 30.0 Å². The molecule has 3 N–H and O–H groups in total. The Morgan fingerprint density at radius 1 is 1.30 bits per heavy atom. The number of carboxylic acids is 1. The molecule has 1 amide bonds. The maximum Gasteiger partial charge on any atom is 0.475 e. The minimum Gasteiger partial charge on any atom is -0.481 e. The third-order valence-electron chi connectivity index (χ3n) is 6.25. The summed E-state index contributed by atoms with van der Waals surface area (Å²) in [6, 6.07) is 4.17. The first-order valence-corrected chi connectivity index (χ1v) is 14.3. The summed E-state index contributed by atoms with van der Waals surface area (Å²) in [6.45, 7) is 5.07. The van der Waals surface area contributed by atoms with E-state index in [1.807, 2.05) is 0 Å². The Bertz CT molecular complexity index is 1240. The van der Waals surface area contributed by atoms with Crippen molar-refractivity contribution in [1.29, 1.82) is 0 Å². The van der Waals surface area contributed by atoms with E-state index in [0.29, 0.717) is 24.1 Å². The van der Waals surface area contributed by atoms with Crippen LogP contribution >= 0.6 is 19.4 Å². The van der Waals surface area contributed by atoms with Gasteiger partial charge in [0.2, 0.25) is 5.91 Å². The Hall–Kier alpha value is -2.35. The molecule has 0 bridgehead atoms. The monoisotopic (exact) mass is 604 g/mol. The molecular formula is C25H31ClFN2O10P. The number of hydrogen-bond donors (Lipinski definition) is 2. The number of halogens is 2. The summed E-state index contributed by atoms with van der Waals surface area (Å²) >= 11 is 5.89. The van der Waals surface area contributed by atoms with Crippen LogP contribution < -0.4 is 5.73 Å². The van der Waals surface area contributed by atoms with Gasteiger partial charge in [0.15, 0.2) is 12.0 Å². The highest BCUT2D eigenvalue weighted by atomic mass is 35.5. The average molecular weight is 605 g/mol. The van der Waals surface area contributed by atoms with Gasteiger partial charge >= 0.3 is 7.82 Å². The molecule has 3 saturated heterocycles. The van der Waals surface area contributed by atoms with Crippen molar-refractivity contribution in [2.45, 2.75) is 63.6 Å². The number of carbonyl (C=O) groups excluding carboxylic acids is 1. The van der Waals surface area contributed by atoms with Gasteiger partial charge in [-0.1, -0.05) is 29.8 Å². The van der Waals surface area contributed by atoms with Crippen molar-refractivity contribution < 1.29 is 51.4 Å². The Morgan fingerprint density at radius 2 is 2.00 bits per heavy atom. The van der Waals surface area contributed by atoms with E-state index >= 15 is 0 Å². The normalized spacial score (nSPS) is 32.6. The van der Waals surface area contributed by atoms with Gasteiger partial charge in [0.25, 0.3) is 5.97 Å². The number of rotatable bonds is 6. The quantitative estimate of drug-likeness (QED) is 0.457. The second-order valence-corrected chi connectivity index (χ2v) is 11.9. The van der Waals surface area contributed by atoms with Gasteiger partial charge in [0.1, 0.15) is 24.1 Å². The second-order valence-electron chi connectivity index (χ2n) is 9.83. The molecule has 15 heteroatoms. The lowest BCUT2D eigenvalue weighted by atomic mass is 10.1. The molecule has 0 radical (unpaired) electrons. The molecule has 4 aliphatic rings. The van der Waals surface area contributed by atoms with E-state index in [9.17, 15) is 13.8 Å². The Labute approximate surface area is 235 Å². The summed E-state index contributed by atoms with van der Waals surface area (Å²) in [5.74, 6) is -2.83. The molecule has 0 aromatic heterocycles. The number of carbonyl (C=O) groups is 2. The van der Waals surface area contributed by atoms with Crippen LogP contribution in [0.2, 0.25) is 5.02 Å². The van der Waals surface area contributed by atoms with Crippen LogP contribution in [-0.4, -0.2) is 72.0 Å². The molecule has 4 heterocycles. The molecule has 12 nitrogen and oxygen atoms in total. The van der Waals surface area contributed by atoms with Crippen molar-refractivity contribution in [1.82, 2.24) is 4.90 Å². The SMILES string of the molecule is CC(=O)O.CC1(C)O[C@@H]2[C@H](O1)C(COP1(=O)OCCC(c3ccc(F)c(Cl)c3)O1)O[C@H]2N1C=C(C(N)=O)C=CC1. The summed E-state index contributed by atoms with van der Waals surface area (Å²) < 4.78 is 61.9. The Kier molecular flexibility index (Phi) is 9.38. The molecule has 0 spiro atoms. The van der Waals surface area contributed by atoms with Crippen LogP contribution in [0.3, 0.4) is 0 Å². The predicted octanol–water partition coefficient (Wildman–Crippen LogP) is 3.66. The van der Waals surface area contributed by atoms with Crippen molar-refractivity contribution in [2.75, 3.05) is 19.8 Å². The number of nitrogens with zero attached hydrogens (tertiary/aromatic N) is 1. The minimum absolute atomic E-state index is 0.0584. The molecule has 6 atom stereocenters. The van der Waals surface area contributed by atoms with Crippen molar-refractivity contribution in [2.24, 2.45) is 5.73 Å². The summed E-state index contributed by atoms with van der Waals surface area (Å²) in [6.07, 6.45) is 2.50. The van der Waals surface area contributed by atoms with Gasteiger partial charge in [0.05, 0.1) is 29.9 Å². The number of hydrogen-bond acceptors (Lipinski definition) is 10. The number of phosphoric acid groups is 1. The van der Waals surface area contributed by atoms with E-state index in [2.05, 4.69) is 0 Å². The van der Waals surface area contributed by atoms with Gasteiger partial charge in [-0.05, 0) is 31.5 Å². The highest BCUT2D eigenvalue weighted by molar-refractivity contribution is 7.48. The van der Waals surface area contributed by atoms with Crippen LogP contribution in [0.15, 0.2) is 42.1 Å². The fourth-order valence-electron chi connectivity index (χ4n) is 4.64. The van der Waals surface area contributed by atoms with Crippen LogP contribution in [0.25, 0.3) is 0 Å². The summed E-state index contributed by atoms with van der Waals surface area (Å²) in [7, 11) is -3.97. The third-order valence-corrected chi connectivity index (χ3v) is 8.02. The molecule has 0 aliphatic carbocycles. The number of carboxylic acid groups (broad SMARTS) is 1. The topological polar surface area (TPSA) is 156 Å². The molecule has 40 heavy (non-hydrogen) atoms. The highest BCUT2D eigenvalue weighted by Crippen LogP contribution is 2.57. The fraction of sp³-hybridized carbons (Fsp3) is 0.520. The maximum atomic E-state index is 13.6. The molecule has 4 aliphatic heterocycles. The summed E-state index contributed by atoms with van der Waals surface area (Å²) in [5, 5.41) is 7.36. The second kappa shape index (κ2) is 12.3. The Balaban J connectivity index is 0.000000867. The smallest absolute Gasteiger partial charge is 0.475 e. The number of fused-ring (bicyclic) bond motifs is 1. The molecule has 5 rings (SSSR count). The van der Waals surface area contributed by atoms with Gasteiger partial charge in [-0.3, -0.25) is 23.2 Å². The first-order chi connectivity index (χ1) is 18.8. The van der Waals surface area contributed by atoms with Crippen molar-refractivity contribution in [3.8, 4) is 0 Å². The van der Waals surface area contributed by atoms with Crippen LogP contribution in [-0.2, 0) is 41.9 Å². The standard InChI is InChI=1S/C23H27ClFN2O8P.C2H4O2/c1-23(2)33-19-18(32-22(20(19)34-23)27-8-3-4-14(11-27)21(26)28)12-31-36(29)30-9-7-17(35-36)13-5-6-16(25)15(24)10-13;1-2(3)4/h3-6,10-11,17-20,22H,7-9,12H2,1-2H3,(H2,26,28);1H3,(H,3,4)/t17?,18?,19-,20-,22-,36?;/m1./s1. The number of ether oxygens (including phenoxy) is 3. The summed E-state index contributed by atoms with van der Waals surface area (Å²) in [5.41, 5.74) is 6.33. The van der Waals surface area contributed by atoms with Crippen LogP contribution in [0.4, 0.5) is 4.39 Å². The molecule has 3 fully saturated rings. The van der Waals surface area contributed by atoms with Gasteiger partial charge in [-0.2, -0.15) is 0 Å². The highest BCUT2D eigenvalue weighted by Gasteiger charge is 2.57. The largest absolute Gasteiger partial charge is 0.481 e. The molecule has 0 saturated carbocycles. The average Bonchev–Trinajstić information content (AvgIpc) is 3.37. The number of primary amides is 1. The van der Waals surface area contributed by atoms with Crippen molar-refractivity contribution in [3.63, 3.8) is 0 Å². The summed E-state index contributed by atoms with van der Waals surface area (Å²) in [4.78, 5) is 22.5. The van der Waals surface area contributed by atoms with Crippen LogP contribution in [0.5, 0.6) is 0 Å². The lowest BCUT2D eigenvalue weighted by molar-refractivity contribution is -0.204. The number of aliphatic carboxylic acids is 1. The first kappa shape index (κ1) is 30.6. The van der Waals surface area contributed by atoms with E-state index < -0.39 is 61.9 Å². The zero-order valence-electron chi connectivity index (χ0n) is 22.0. The lowest BCUT2D eigenvalue weighted by Crippen LogP contribution is -2.42. The number of nitrogens with two attached hydrogens (primary N) is 1. The fourth-order valence-corrected chi connectivity index (χ4v) is 6.22. The van der Waals surface area contributed by atoms with E-state index in [-0.39, 0.29) is 18.2 Å². The van der Waals surface area contributed by atoms with Gasteiger partial charge in [-0.15, -0.1) is 0 Å². The van der Waals surface area contributed by atoms with Crippen molar-refractivity contribution in [3.05, 3.63) is 58.5 Å². The molecule has 220 valence electrons. The van der Waals surface area contributed by atoms with Gasteiger partial charge in [-0.25, -0.2) is 8.96 Å². The van der Waals surface area contributed by atoms with E-state index in [4.69, 9.17) is 55.0 Å². The van der Waals surface area contributed by atoms with E-state index in [0.717, 1.165) is 6.92 Å². The molecule has 3 unspecified atom stereocenters.